The Labute approximate surface area is 207 Å². The molecule has 1 amide bonds. The number of para-hydroxylation sites is 3. The van der Waals surface area contributed by atoms with Crippen LogP contribution in [0.3, 0.4) is 0 Å². The van der Waals surface area contributed by atoms with E-state index in [1.807, 2.05) is 41.3 Å². The Morgan fingerprint density at radius 1 is 0.914 bits per heavy atom. The summed E-state index contributed by atoms with van der Waals surface area (Å²) in [5.74, 6) is 2.25. The van der Waals surface area contributed by atoms with E-state index in [1.54, 1.807) is 0 Å². The van der Waals surface area contributed by atoms with Crippen molar-refractivity contribution in [2.45, 2.75) is 52.5 Å². The van der Waals surface area contributed by atoms with E-state index in [1.165, 1.54) is 11.1 Å². The molecule has 3 aromatic carbocycles. The number of amides is 1. The predicted molar refractivity (Wildman–Crippen MR) is 141 cm³/mol. The number of hydrogen-bond donors (Lipinski definition) is 0. The van der Waals surface area contributed by atoms with Crippen molar-refractivity contribution in [2.75, 3.05) is 18.1 Å². The third kappa shape index (κ3) is 4.68. The van der Waals surface area contributed by atoms with Crippen LogP contribution in [0, 0.1) is 20.8 Å². The molecule has 0 N–H and O–H groups in total. The Balaban J connectivity index is 1.30. The molecule has 0 radical (unpaired) electrons. The van der Waals surface area contributed by atoms with Gasteiger partial charge in [0.05, 0.1) is 17.6 Å². The average molecular weight is 468 g/mol. The fourth-order valence-corrected chi connectivity index (χ4v) is 5.06. The highest BCUT2D eigenvalue weighted by Gasteiger charge is 2.35. The number of imidazole rings is 1. The van der Waals surface area contributed by atoms with Gasteiger partial charge in [-0.25, -0.2) is 4.98 Å². The molecule has 2 heterocycles. The van der Waals surface area contributed by atoms with Crippen molar-refractivity contribution in [2.24, 2.45) is 0 Å². The smallest absolute Gasteiger partial charge is 0.227 e. The van der Waals surface area contributed by atoms with Gasteiger partial charge in [-0.2, -0.15) is 0 Å². The number of fused-ring (bicyclic) bond motifs is 1. The van der Waals surface area contributed by atoms with Gasteiger partial charge in [0.25, 0.3) is 0 Å². The molecule has 1 aliphatic rings. The van der Waals surface area contributed by atoms with Gasteiger partial charge in [0.2, 0.25) is 5.91 Å². The maximum Gasteiger partial charge on any atom is 0.227 e. The van der Waals surface area contributed by atoms with Crippen LogP contribution in [0.4, 0.5) is 5.69 Å². The van der Waals surface area contributed by atoms with Gasteiger partial charge in [-0.15, -0.1) is 0 Å². The summed E-state index contributed by atoms with van der Waals surface area (Å²) in [5.41, 5.74) is 6.73. The quantitative estimate of drug-likeness (QED) is 0.284. The van der Waals surface area contributed by atoms with E-state index in [-0.39, 0.29) is 11.8 Å². The molecule has 5 rings (SSSR count). The van der Waals surface area contributed by atoms with Crippen LogP contribution in [-0.2, 0) is 11.3 Å². The van der Waals surface area contributed by atoms with Gasteiger partial charge in [0.1, 0.15) is 11.6 Å². The van der Waals surface area contributed by atoms with Crippen LogP contribution in [0.1, 0.15) is 47.7 Å². The number of unbranched alkanes of at least 4 members (excludes halogenated alkanes) is 1. The molecule has 0 bridgehead atoms. The van der Waals surface area contributed by atoms with Crippen molar-refractivity contribution < 1.29 is 9.53 Å². The fourth-order valence-electron chi connectivity index (χ4n) is 5.06. The highest BCUT2D eigenvalue weighted by molar-refractivity contribution is 5.97. The lowest BCUT2D eigenvalue weighted by Crippen LogP contribution is -2.25. The molecule has 35 heavy (non-hydrogen) atoms. The van der Waals surface area contributed by atoms with E-state index >= 15 is 0 Å². The number of benzene rings is 3. The van der Waals surface area contributed by atoms with Crippen molar-refractivity contribution in [3.8, 4) is 5.75 Å². The molecule has 0 aliphatic carbocycles. The number of rotatable bonds is 8. The van der Waals surface area contributed by atoms with Crippen molar-refractivity contribution in [3.63, 3.8) is 0 Å². The number of carbonyl (C=O) groups excluding carboxylic acids is 1. The molecule has 4 aromatic rings. The van der Waals surface area contributed by atoms with E-state index in [0.29, 0.717) is 19.6 Å². The van der Waals surface area contributed by atoms with Gasteiger partial charge >= 0.3 is 0 Å². The number of nitrogens with zero attached hydrogens (tertiary/aromatic N) is 3. The average Bonchev–Trinajstić information content (AvgIpc) is 3.42. The zero-order chi connectivity index (χ0) is 24.4. The van der Waals surface area contributed by atoms with Crippen molar-refractivity contribution in [1.29, 1.82) is 0 Å². The van der Waals surface area contributed by atoms with Crippen LogP contribution >= 0.6 is 0 Å². The molecule has 1 saturated heterocycles. The highest BCUT2D eigenvalue weighted by Crippen LogP contribution is 2.34. The summed E-state index contributed by atoms with van der Waals surface area (Å²) in [4.78, 5) is 19.9. The van der Waals surface area contributed by atoms with Gasteiger partial charge in [-0.1, -0.05) is 42.5 Å². The normalized spacial score (nSPS) is 15.8. The van der Waals surface area contributed by atoms with Crippen LogP contribution < -0.4 is 9.64 Å². The third-order valence-electron chi connectivity index (χ3n) is 7.17. The van der Waals surface area contributed by atoms with Crippen LogP contribution in [0.2, 0.25) is 0 Å². The van der Waals surface area contributed by atoms with E-state index in [9.17, 15) is 4.79 Å². The second-order valence-corrected chi connectivity index (χ2v) is 9.56. The number of anilines is 1. The summed E-state index contributed by atoms with van der Waals surface area (Å²) in [6.45, 7) is 8.50. The SMILES string of the molecule is Cc1ccccc1N1CC(c2nc3ccccc3n2CCCCOc2cccc(C)c2C)CC1=O. The first kappa shape index (κ1) is 23.2. The predicted octanol–water partition coefficient (Wildman–Crippen LogP) is 6.34. The molecule has 1 aliphatic heterocycles. The number of carbonyl (C=O) groups is 1. The summed E-state index contributed by atoms with van der Waals surface area (Å²) < 4.78 is 8.39. The maximum atomic E-state index is 13.0. The van der Waals surface area contributed by atoms with Gasteiger partial charge < -0.3 is 14.2 Å². The van der Waals surface area contributed by atoms with Crippen LogP contribution in [0.15, 0.2) is 66.7 Å². The Bertz CT molecular complexity index is 1360. The fraction of sp³-hybridized carbons (Fsp3) is 0.333. The molecule has 5 nitrogen and oxygen atoms in total. The first-order valence-electron chi connectivity index (χ1n) is 12.5. The van der Waals surface area contributed by atoms with Gasteiger partial charge in [-0.05, 0) is 74.6 Å². The van der Waals surface area contributed by atoms with Crippen LogP contribution in [-0.4, -0.2) is 28.6 Å². The molecule has 5 heteroatoms. The second-order valence-electron chi connectivity index (χ2n) is 9.56. The Morgan fingerprint density at radius 2 is 1.69 bits per heavy atom. The summed E-state index contributed by atoms with van der Waals surface area (Å²) in [6, 6.07) is 22.6. The zero-order valence-electron chi connectivity index (χ0n) is 20.8. The van der Waals surface area contributed by atoms with Crippen molar-refractivity contribution in [3.05, 3.63) is 89.2 Å². The lowest BCUT2D eigenvalue weighted by atomic mass is 10.1. The Morgan fingerprint density at radius 3 is 2.54 bits per heavy atom. The molecular weight excluding hydrogens is 434 g/mol. The largest absolute Gasteiger partial charge is 0.493 e. The molecule has 0 saturated carbocycles. The summed E-state index contributed by atoms with van der Waals surface area (Å²) in [5, 5.41) is 0. The molecule has 1 atom stereocenters. The number of hydrogen-bond acceptors (Lipinski definition) is 3. The minimum absolute atomic E-state index is 0.0840. The second kappa shape index (κ2) is 9.95. The van der Waals surface area contributed by atoms with E-state index in [2.05, 4.69) is 55.7 Å². The van der Waals surface area contributed by atoms with Crippen LogP contribution in [0.5, 0.6) is 5.75 Å². The van der Waals surface area contributed by atoms with Gasteiger partial charge in [0, 0.05) is 31.1 Å². The first-order valence-corrected chi connectivity index (χ1v) is 12.5. The Hall–Kier alpha value is -3.60. The number of aryl methyl sites for hydroxylation is 3. The molecule has 0 spiro atoms. The van der Waals surface area contributed by atoms with E-state index in [4.69, 9.17) is 9.72 Å². The lowest BCUT2D eigenvalue weighted by molar-refractivity contribution is -0.117. The van der Waals surface area contributed by atoms with Crippen LogP contribution in [0.25, 0.3) is 11.0 Å². The standard InChI is InChI=1S/C30H33N3O2/c1-21-12-10-16-28(23(21)3)35-18-9-8-17-32-27-15-7-5-13-25(27)31-30(32)24-19-29(34)33(20-24)26-14-6-4-11-22(26)2/h4-7,10-16,24H,8-9,17-20H2,1-3H3. The van der Waals surface area contributed by atoms with Gasteiger partial charge in [0.15, 0.2) is 0 Å². The topological polar surface area (TPSA) is 47.4 Å². The van der Waals surface area contributed by atoms with Gasteiger partial charge in [-0.3, -0.25) is 4.79 Å². The molecule has 180 valence electrons. The minimum atomic E-state index is 0.0840. The van der Waals surface area contributed by atoms with E-state index in [0.717, 1.165) is 53.2 Å². The monoisotopic (exact) mass is 467 g/mol. The first-order chi connectivity index (χ1) is 17.0. The number of ether oxygens (including phenoxy) is 1. The summed E-state index contributed by atoms with van der Waals surface area (Å²) in [7, 11) is 0. The molecule has 1 aromatic heterocycles. The lowest BCUT2D eigenvalue weighted by Gasteiger charge is -2.19. The zero-order valence-corrected chi connectivity index (χ0v) is 20.8. The summed E-state index contributed by atoms with van der Waals surface area (Å²) >= 11 is 0. The molecule has 1 fully saturated rings. The Kier molecular flexibility index (Phi) is 6.58. The van der Waals surface area contributed by atoms with Crippen molar-refractivity contribution >= 4 is 22.6 Å². The minimum Gasteiger partial charge on any atom is -0.493 e. The summed E-state index contributed by atoms with van der Waals surface area (Å²) in [6.07, 6.45) is 2.44. The maximum absolute atomic E-state index is 13.0. The molecular formula is C30H33N3O2. The third-order valence-corrected chi connectivity index (χ3v) is 7.17. The van der Waals surface area contributed by atoms with Crippen molar-refractivity contribution in [1.82, 2.24) is 9.55 Å². The number of aromatic nitrogens is 2. The highest BCUT2D eigenvalue weighted by atomic mass is 16.5. The molecule has 1 unspecified atom stereocenters. The van der Waals surface area contributed by atoms with E-state index < -0.39 is 0 Å².